The number of ether oxygens (including phenoxy) is 1. The predicted octanol–water partition coefficient (Wildman–Crippen LogP) is 4.32. The fraction of sp³-hybridized carbons (Fsp3) is 0.500. The Bertz CT molecular complexity index is 278. The number of halogens is 1. The molecular formula is C12H17BrOS. The molecule has 1 rings (SSSR count). The van der Waals surface area contributed by atoms with Gasteiger partial charge in [0, 0.05) is 0 Å². The van der Waals surface area contributed by atoms with Gasteiger partial charge in [-0.3, -0.25) is 0 Å². The minimum atomic E-state index is 0.801. The van der Waals surface area contributed by atoms with Crippen LogP contribution in [0, 0.1) is 0 Å². The van der Waals surface area contributed by atoms with Crippen LogP contribution >= 0.6 is 28.6 Å². The molecule has 0 spiro atoms. The van der Waals surface area contributed by atoms with Crippen molar-refractivity contribution >= 4 is 28.6 Å². The van der Waals surface area contributed by atoms with Gasteiger partial charge in [-0.2, -0.15) is 12.6 Å². The third-order valence-corrected chi connectivity index (χ3v) is 3.12. The van der Waals surface area contributed by atoms with E-state index in [1.807, 2.05) is 24.3 Å². The molecule has 84 valence electrons. The van der Waals surface area contributed by atoms with E-state index in [9.17, 15) is 0 Å². The Balaban J connectivity index is 2.12. The Hall–Kier alpha value is -0.150. The summed E-state index contributed by atoms with van der Waals surface area (Å²) in [6.07, 6.45) is 4.81. The second-order valence-electron chi connectivity index (χ2n) is 3.42. The molecule has 1 aromatic carbocycles. The van der Waals surface area contributed by atoms with Crippen molar-refractivity contribution in [3.63, 3.8) is 0 Å². The second kappa shape index (κ2) is 8.05. The van der Waals surface area contributed by atoms with Gasteiger partial charge in [0.25, 0.3) is 0 Å². The van der Waals surface area contributed by atoms with Crippen molar-refractivity contribution in [2.75, 3.05) is 12.4 Å². The van der Waals surface area contributed by atoms with Gasteiger partial charge in [0.15, 0.2) is 0 Å². The number of para-hydroxylation sites is 1. The first-order valence-corrected chi connectivity index (χ1v) is 6.75. The monoisotopic (exact) mass is 288 g/mol. The summed E-state index contributed by atoms with van der Waals surface area (Å²) in [6, 6.07) is 7.96. The maximum Gasteiger partial charge on any atom is 0.133 e. The molecule has 0 fully saturated rings. The average Bonchev–Trinajstić information content (AvgIpc) is 2.25. The van der Waals surface area contributed by atoms with Crippen LogP contribution in [0.4, 0.5) is 0 Å². The summed E-state index contributed by atoms with van der Waals surface area (Å²) in [4.78, 5) is 0. The lowest BCUT2D eigenvalue weighted by Crippen LogP contribution is -1.97. The van der Waals surface area contributed by atoms with Gasteiger partial charge in [-0.25, -0.2) is 0 Å². The fourth-order valence-electron chi connectivity index (χ4n) is 1.31. The summed E-state index contributed by atoms with van der Waals surface area (Å²) < 4.78 is 6.68. The summed E-state index contributed by atoms with van der Waals surface area (Å²) in [5.74, 6) is 1.93. The Morgan fingerprint density at radius 2 is 1.80 bits per heavy atom. The van der Waals surface area contributed by atoms with Gasteiger partial charge < -0.3 is 4.74 Å². The molecule has 0 aliphatic rings. The smallest absolute Gasteiger partial charge is 0.133 e. The van der Waals surface area contributed by atoms with Gasteiger partial charge in [-0.05, 0) is 46.7 Å². The molecule has 0 N–H and O–H groups in total. The Kier molecular flexibility index (Phi) is 6.94. The molecule has 0 aliphatic carbocycles. The lowest BCUT2D eigenvalue weighted by Gasteiger charge is -2.07. The number of thiol groups is 1. The minimum Gasteiger partial charge on any atom is -0.492 e. The summed E-state index contributed by atoms with van der Waals surface area (Å²) in [7, 11) is 0. The molecule has 1 nitrogen and oxygen atoms in total. The number of rotatable bonds is 7. The fourth-order valence-corrected chi connectivity index (χ4v) is 1.93. The summed E-state index contributed by atoms with van der Waals surface area (Å²) in [5.41, 5.74) is 0. The molecular weight excluding hydrogens is 272 g/mol. The molecule has 0 saturated carbocycles. The third kappa shape index (κ3) is 5.47. The number of unbranched alkanes of at least 4 members (excludes halogenated alkanes) is 3. The number of hydrogen-bond acceptors (Lipinski definition) is 2. The Morgan fingerprint density at radius 1 is 1.07 bits per heavy atom. The van der Waals surface area contributed by atoms with E-state index in [-0.39, 0.29) is 0 Å². The van der Waals surface area contributed by atoms with Crippen molar-refractivity contribution in [1.29, 1.82) is 0 Å². The number of hydrogen-bond donors (Lipinski definition) is 1. The average molecular weight is 289 g/mol. The molecule has 0 unspecified atom stereocenters. The van der Waals surface area contributed by atoms with Crippen molar-refractivity contribution in [2.24, 2.45) is 0 Å². The number of benzene rings is 1. The topological polar surface area (TPSA) is 9.23 Å². The van der Waals surface area contributed by atoms with Gasteiger partial charge in [0.05, 0.1) is 11.1 Å². The molecule has 0 aliphatic heterocycles. The molecule has 1 aromatic rings. The molecule has 0 amide bonds. The standard InChI is InChI=1S/C12H17BrOS/c13-11-7-3-4-8-12(11)14-9-5-1-2-6-10-15/h3-4,7-8,15H,1-2,5-6,9-10H2. The highest BCUT2D eigenvalue weighted by molar-refractivity contribution is 9.10. The molecule has 0 saturated heterocycles. The second-order valence-corrected chi connectivity index (χ2v) is 4.72. The van der Waals surface area contributed by atoms with Crippen LogP contribution in [0.15, 0.2) is 28.7 Å². The quantitative estimate of drug-likeness (QED) is 0.581. The third-order valence-electron chi connectivity index (χ3n) is 2.15. The zero-order chi connectivity index (χ0) is 10.9. The molecule has 15 heavy (non-hydrogen) atoms. The first kappa shape index (κ1) is 12.9. The van der Waals surface area contributed by atoms with Gasteiger partial charge in [0.1, 0.15) is 5.75 Å². The molecule has 0 radical (unpaired) electrons. The zero-order valence-corrected chi connectivity index (χ0v) is 11.3. The molecule has 0 aromatic heterocycles. The Morgan fingerprint density at radius 3 is 2.53 bits per heavy atom. The first-order chi connectivity index (χ1) is 7.34. The predicted molar refractivity (Wildman–Crippen MR) is 72.0 cm³/mol. The van der Waals surface area contributed by atoms with Crippen LogP contribution in [-0.4, -0.2) is 12.4 Å². The van der Waals surface area contributed by atoms with Crippen LogP contribution in [0.25, 0.3) is 0 Å². The van der Waals surface area contributed by atoms with E-state index >= 15 is 0 Å². The van der Waals surface area contributed by atoms with Crippen molar-refractivity contribution < 1.29 is 4.74 Å². The van der Waals surface area contributed by atoms with Crippen LogP contribution < -0.4 is 4.74 Å². The Labute approximate surface area is 106 Å². The molecule has 0 bridgehead atoms. The normalized spacial score (nSPS) is 10.3. The van der Waals surface area contributed by atoms with Crippen molar-refractivity contribution in [3.05, 3.63) is 28.7 Å². The highest BCUT2D eigenvalue weighted by Crippen LogP contribution is 2.23. The van der Waals surface area contributed by atoms with Crippen molar-refractivity contribution in [3.8, 4) is 5.75 Å². The summed E-state index contributed by atoms with van der Waals surface area (Å²) >= 11 is 7.63. The highest BCUT2D eigenvalue weighted by atomic mass is 79.9. The van der Waals surface area contributed by atoms with Crippen molar-refractivity contribution in [2.45, 2.75) is 25.7 Å². The van der Waals surface area contributed by atoms with E-state index in [2.05, 4.69) is 28.6 Å². The van der Waals surface area contributed by atoms with E-state index in [1.54, 1.807) is 0 Å². The van der Waals surface area contributed by atoms with Gasteiger partial charge in [-0.15, -0.1) is 0 Å². The van der Waals surface area contributed by atoms with Crippen LogP contribution in [-0.2, 0) is 0 Å². The van der Waals surface area contributed by atoms with Crippen LogP contribution in [0.5, 0.6) is 5.75 Å². The molecule has 0 atom stereocenters. The maximum atomic E-state index is 5.65. The molecule has 3 heteroatoms. The summed E-state index contributed by atoms with van der Waals surface area (Å²) in [5, 5.41) is 0. The zero-order valence-electron chi connectivity index (χ0n) is 8.79. The van der Waals surface area contributed by atoms with Crippen LogP contribution in [0.1, 0.15) is 25.7 Å². The van der Waals surface area contributed by atoms with Gasteiger partial charge in [0.2, 0.25) is 0 Å². The maximum absolute atomic E-state index is 5.65. The van der Waals surface area contributed by atoms with Crippen LogP contribution in [0.3, 0.4) is 0 Å². The molecule has 0 heterocycles. The summed E-state index contributed by atoms with van der Waals surface area (Å²) in [6.45, 7) is 0.801. The van der Waals surface area contributed by atoms with Gasteiger partial charge in [-0.1, -0.05) is 25.0 Å². The van der Waals surface area contributed by atoms with E-state index in [0.717, 1.165) is 29.0 Å². The van der Waals surface area contributed by atoms with Gasteiger partial charge >= 0.3 is 0 Å². The van der Waals surface area contributed by atoms with E-state index < -0.39 is 0 Å². The minimum absolute atomic E-state index is 0.801. The van der Waals surface area contributed by atoms with E-state index in [0.29, 0.717) is 0 Å². The lowest BCUT2D eigenvalue weighted by atomic mass is 10.2. The van der Waals surface area contributed by atoms with Crippen molar-refractivity contribution in [1.82, 2.24) is 0 Å². The SMILES string of the molecule is SCCCCCCOc1ccccc1Br. The van der Waals surface area contributed by atoms with E-state index in [1.165, 1.54) is 19.3 Å². The van der Waals surface area contributed by atoms with Crippen LogP contribution in [0.2, 0.25) is 0 Å². The first-order valence-electron chi connectivity index (χ1n) is 5.33. The van der Waals surface area contributed by atoms with E-state index in [4.69, 9.17) is 4.74 Å². The largest absolute Gasteiger partial charge is 0.492 e. The lowest BCUT2D eigenvalue weighted by molar-refractivity contribution is 0.303. The highest BCUT2D eigenvalue weighted by Gasteiger charge is 1.98.